The molecule has 5 heterocycles. The van der Waals surface area contributed by atoms with Gasteiger partial charge in [-0.2, -0.15) is 0 Å². The maximum absolute atomic E-state index is 6.53. The Hall–Kier alpha value is -6.74. The first-order valence-electron chi connectivity index (χ1n) is 17.8. The van der Waals surface area contributed by atoms with Crippen molar-refractivity contribution in [3.8, 4) is 38.3 Å². The lowest BCUT2D eigenvalue weighted by molar-refractivity contribution is 0.477. The van der Waals surface area contributed by atoms with Crippen LogP contribution in [0.15, 0.2) is 164 Å². The zero-order chi connectivity index (χ0) is 35.3. The van der Waals surface area contributed by atoms with E-state index >= 15 is 0 Å². The van der Waals surface area contributed by atoms with Crippen LogP contribution >= 0.6 is 22.7 Å². The molecule has 0 saturated carbocycles. The van der Waals surface area contributed by atoms with E-state index in [1.165, 1.54) is 10.9 Å². The van der Waals surface area contributed by atoms with Crippen LogP contribution in [0.5, 0.6) is 11.5 Å². The van der Waals surface area contributed by atoms with Crippen LogP contribution in [0.2, 0.25) is 0 Å². The van der Waals surface area contributed by atoms with E-state index in [1.54, 1.807) is 22.7 Å². The summed E-state index contributed by atoms with van der Waals surface area (Å²) in [6.07, 6.45) is 0. The van der Waals surface area contributed by atoms with Crippen LogP contribution in [0, 0.1) is 0 Å². The predicted molar refractivity (Wildman–Crippen MR) is 224 cm³/mol. The van der Waals surface area contributed by atoms with E-state index in [9.17, 15) is 0 Å². The number of hydrogen-bond donors (Lipinski definition) is 0. The second kappa shape index (κ2) is 11.4. The Bertz CT molecular complexity index is 3130. The van der Waals surface area contributed by atoms with Gasteiger partial charge >= 0.3 is 0 Å². The van der Waals surface area contributed by atoms with Gasteiger partial charge in [0.1, 0.15) is 26.7 Å². The number of anilines is 3. The molecular weight excluding hydrogens is 703 g/mol. The number of fused-ring (bicyclic) bond motifs is 9. The minimum atomic E-state index is 0.797. The molecule has 0 amide bonds. The number of thiazole rings is 2. The van der Waals surface area contributed by atoms with Crippen molar-refractivity contribution in [3.05, 3.63) is 164 Å². The van der Waals surface area contributed by atoms with Crippen molar-refractivity contribution >= 4 is 87.8 Å². The van der Waals surface area contributed by atoms with E-state index in [4.69, 9.17) is 14.7 Å². The number of nitrogens with zero attached hydrogens (tertiary/aromatic N) is 5. The molecule has 4 aromatic heterocycles. The molecule has 0 atom stereocenters. The van der Waals surface area contributed by atoms with Gasteiger partial charge in [-0.05, 0) is 48.5 Å². The van der Waals surface area contributed by atoms with E-state index in [-0.39, 0.29) is 0 Å². The topological polar surface area (TPSA) is 47.6 Å². The third kappa shape index (κ3) is 4.20. The zero-order valence-electron chi connectivity index (χ0n) is 28.5. The van der Waals surface area contributed by atoms with Crippen molar-refractivity contribution in [1.29, 1.82) is 0 Å². The van der Waals surface area contributed by atoms with Gasteiger partial charge in [0.25, 0.3) is 0 Å². The first-order valence-corrected chi connectivity index (χ1v) is 19.5. The molecule has 0 spiro atoms. The standard InChI is InChI=1S/C46H27N5OS2/c1-3-15-28(16-4-1)45-47-39-41(50-34-23-11-13-25-36(34)52-37-26-14-12-24-35(37)50)43-40(48-46(53-43)29-17-5-2-6-18-29)42(44(39)54-45)51-33-22-10-9-21-32(33)49-31-20-8-7-19-30(31)27-38(49)51/h1-27H. The third-order valence-electron chi connectivity index (χ3n) is 10.3. The average Bonchev–Trinajstić information content (AvgIpc) is 4.02. The fraction of sp³-hybridized carbons (Fsp3) is 0. The Morgan fingerprint density at radius 3 is 1.61 bits per heavy atom. The summed E-state index contributed by atoms with van der Waals surface area (Å²) >= 11 is 3.44. The van der Waals surface area contributed by atoms with Crippen molar-refractivity contribution in [3.63, 3.8) is 0 Å². The lowest BCUT2D eigenvalue weighted by atomic mass is 10.1. The second-order valence-electron chi connectivity index (χ2n) is 13.4. The van der Waals surface area contributed by atoms with Crippen molar-refractivity contribution in [2.75, 3.05) is 4.90 Å². The molecule has 0 unspecified atom stereocenters. The van der Waals surface area contributed by atoms with Gasteiger partial charge in [0.15, 0.2) is 11.5 Å². The Labute approximate surface area is 317 Å². The molecule has 1 aliphatic rings. The summed E-state index contributed by atoms with van der Waals surface area (Å²) in [6.45, 7) is 0. The molecule has 6 nitrogen and oxygen atoms in total. The first-order chi connectivity index (χ1) is 26.8. The van der Waals surface area contributed by atoms with Crippen LogP contribution in [-0.4, -0.2) is 18.9 Å². The van der Waals surface area contributed by atoms with E-state index in [0.29, 0.717) is 0 Å². The van der Waals surface area contributed by atoms with Gasteiger partial charge in [-0.25, -0.2) is 9.97 Å². The number of hydrogen-bond acceptors (Lipinski definition) is 6. The Balaban J connectivity index is 1.30. The number of aromatic nitrogens is 4. The summed E-state index contributed by atoms with van der Waals surface area (Å²) in [5.41, 5.74) is 12.5. The molecule has 254 valence electrons. The molecule has 0 fully saturated rings. The molecule has 54 heavy (non-hydrogen) atoms. The molecule has 0 aliphatic carbocycles. The van der Waals surface area contributed by atoms with E-state index in [1.807, 2.05) is 24.3 Å². The third-order valence-corrected chi connectivity index (χ3v) is 12.6. The van der Waals surface area contributed by atoms with E-state index in [2.05, 4.69) is 153 Å². The molecule has 12 rings (SSSR count). The molecule has 0 radical (unpaired) electrons. The highest BCUT2D eigenvalue weighted by atomic mass is 32.1. The quantitative estimate of drug-likeness (QED) is 0.181. The average molecular weight is 730 g/mol. The summed E-state index contributed by atoms with van der Waals surface area (Å²) in [4.78, 5) is 13.6. The summed E-state index contributed by atoms with van der Waals surface area (Å²) < 4.78 is 13.5. The van der Waals surface area contributed by atoms with E-state index in [0.717, 1.165) is 92.5 Å². The van der Waals surface area contributed by atoms with Gasteiger partial charge in [0.05, 0.1) is 48.7 Å². The highest BCUT2D eigenvalue weighted by Gasteiger charge is 2.33. The van der Waals surface area contributed by atoms with Gasteiger partial charge in [-0.15, -0.1) is 22.7 Å². The highest BCUT2D eigenvalue weighted by molar-refractivity contribution is 7.24. The number of rotatable bonds is 4. The number of imidazole rings is 1. The highest BCUT2D eigenvalue weighted by Crippen LogP contribution is 2.57. The summed E-state index contributed by atoms with van der Waals surface area (Å²) in [5, 5.41) is 3.10. The lowest BCUT2D eigenvalue weighted by Gasteiger charge is -2.33. The van der Waals surface area contributed by atoms with Crippen molar-refractivity contribution in [2.24, 2.45) is 0 Å². The van der Waals surface area contributed by atoms with Gasteiger partial charge < -0.3 is 4.74 Å². The largest absolute Gasteiger partial charge is 0.453 e. The summed E-state index contributed by atoms with van der Waals surface area (Å²) in [7, 11) is 0. The number of para-hydroxylation sites is 7. The lowest BCUT2D eigenvalue weighted by Crippen LogP contribution is -2.16. The smallest absolute Gasteiger partial charge is 0.151 e. The van der Waals surface area contributed by atoms with Crippen LogP contribution in [0.1, 0.15) is 0 Å². The van der Waals surface area contributed by atoms with Crippen LogP contribution in [0.3, 0.4) is 0 Å². The SMILES string of the molecule is c1ccc(-c2nc3c(-n4c5ccccc5n5c6ccccc6cc45)c4sc(-c5ccccc5)nc4c(N4c5ccccc5Oc5ccccc54)c3s2)cc1. The molecule has 7 aromatic carbocycles. The first kappa shape index (κ1) is 29.8. The minimum Gasteiger partial charge on any atom is -0.453 e. The molecule has 0 bridgehead atoms. The Kier molecular flexibility index (Phi) is 6.28. The minimum absolute atomic E-state index is 0.797. The Morgan fingerprint density at radius 2 is 0.963 bits per heavy atom. The van der Waals surface area contributed by atoms with Crippen molar-refractivity contribution in [2.45, 2.75) is 0 Å². The molecule has 1 aliphatic heterocycles. The molecule has 0 saturated heterocycles. The van der Waals surface area contributed by atoms with Crippen LogP contribution < -0.4 is 9.64 Å². The number of ether oxygens (including phenoxy) is 1. The van der Waals surface area contributed by atoms with Gasteiger partial charge in [0, 0.05) is 16.5 Å². The van der Waals surface area contributed by atoms with Gasteiger partial charge in [-0.1, -0.05) is 115 Å². The van der Waals surface area contributed by atoms with Crippen molar-refractivity contribution < 1.29 is 4.74 Å². The summed E-state index contributed by atoms with van der Waals surface area (Å²) in [6, 6.07) is 57.2. The maximum Gasteiger partial charge on any atom is 0.151 e. The predicted octanol–water partition coefficient (Wildman–Crippen LogP) is 13.2. The number of benzene rings is 7. The van der Waals surface area contributed by atoms with Gasteiger partial charge in [0.2, 0.25) is 0 Å². The van der Waals surface area contributed by atoms with Crippen LogP contribution in [-0.2, 0) is 0 Å². The fourth-order valence-electron chi connectivity index (χ4n) is 8.02. The zero-order valence-corrected chi connectivity index (χ0v) is 30.2. The van der Waals surface area contributed by atoms with E-state index < -0.39 is 0 Å². The van der Waals surface area contributed by atoms with Gasteiger partial charge in [-0.3, -0.25) is 13.9 Å². The fourth-order valence-corrected chi connectivity index (χ4v) is 10.2. The molecule has 11 aromatic rings. The molecular formula is C46H27N5OS2. The maximum atomic E-state index is 6.53. The van der Waals surface area contributed by atoms with Crippen LogP contribution in [0.4, 0.5) is 17.1 Å². The monoisotopic (exact) mass is 729 g/mol. The Morgan fingerprint density at radius 1 is 0.463 bits per heavy atom. The molecule has 0 N–H and O–H groups in total. The normalized spacial score (nSPS) is 12.6. The second-order valence-corrected chi connectivity index (χ2v) is 15.4. The van der Waals surface area contributed by atoms with Crippen molar-refractivity contribution in [1.82, 2.24) is 18.9 Å². The summed E-state index contributed by atoms with van der Waals surface area (Å²) in [5.74, 6) is 1.59. The molecule has 8 heteroatoms. The van der Waals surface area contributed by atoms with Crippen LogP contribution in [0.25, 0.3) is 74.8 Å².